The van der Waals surface area contributed by atoms with Crippen molar-refractivity contribution < 1.29 is 4.74 Å². The molecule has 0 amide bonds. The summed E-state index contributed by atoms with van der Waals surface area (Å²) in [5, 5.41) is 3.43. The molecule has 0 aliphatic rings. The molecular weight excluding hydrogens is 222 g/mol. The Balaban J connectivity index is 2.22. The van der Waals surface area contributed by atoms with Gasteiger partial charge >= 0.3 is 0 Å². The predicted molar refractivity (Wildman–Crippen MR) is 78.4 cm³/mol. The Morgan fingerprint density at radius 3 is 2.22 bits per heavy atom. The van der Waals surface area contributed by atoms with Gasteiger partial charge in [0.15, 0.2) is 0 Å². The van der Waals surface area contributed by atoms with Crippen LogP contribution in [0.5, 0.6) is 5.75 Å². The molecule has 0 unspecified atom stereocenters. The molecule has 0 saturated heterocycles. The summed E-state index contributed by atoms with van der Waals surface area (Å²) in [5.74, 6) is 1.04. The summed E-state index contributed by atoms with van der Waals surface area (Å²) in [6.45, 7) is 13.7. The Morgan fingerprint density at radius 2 is 1.67 bits per heavy atom. The summed E-state index contributed by atoms with van der Waals surface area (Å²) in [7, 11) is 0. The maximum absolute atomic E-state index is 5.84. The van der Waals surface area contributed by atoms with Gasteiger partial charge in [0, 0.05) is 6.54 Å². The van der Waals surface area contributed by atoms with E-state index in [1.165, 1.54) is 17.5 Å². The Kier molecular flexibility index (Phi) is 5.67. The molecule has 0 aromatic heterocycles. The quantitative estimate of drug-likeness (QED) is 0.776. The first kappa shape index (κ1) is 15.0. The molecule has 2 nitrogen and oxygen atoms in total. The highest BCUT2D eigenvalue weighted by Gasteiger charge is 2.08. The fourth-order valence-corrected chi connectivity index (χ4v) is 1.84. The molecular formula is C16H27NO. The third-order valence-corrected chi connectivity index (χ3v) is 2.99. The van der Waals surface area contributed by atoms with E-state index in [2.05, 4.69) is 58.1 Å². The molecule has 0 aliphatic carbocycles. The standard InChI is InChI=1S/C16H27NO/c1-13-7-6-8-14(2)15(13)18-12-11-17-10-9-16(3,4)5/h6-8,17H,9-12H2,1-5H3. The molecule has 1 aromatic carbocycles. The van der Waals surface area contributed by atoms with Crippen molar-refractivity contribution in [1.82, 2.24) is 5.32 Å². The highest BCUT2D eigenvalue weighted by atomic mass is 16.5. The van der Waals surface area contributed by atoms with E-state index in [0.29, 0.717) is 5.41 Å². The Morgan fingerprint density at radius 1 is 1.06 bits per heavy atom. The van der Waals surface area contributed by atoms with Gasteiger partial charge in [0.2, 0.25) is 0 Å². The first-order chi connectivity index (χ1) is 8.40. The van der Waals surface area contributed by atoms with Crippen LogP contribution < -0.4 is 10.1 Å². The van der Waals surface area contributed by atoms with E-state index < -0.39 is 0 Å². The van der Waals surface area contributed by atoms with Gasteiger partial charge in [0.1, 0.15) is 12.4 Å². The van der Waals surface area contributed by atoms with E-state index in [9.17, 15) is 0 Å². The van der Waals surface area contributed by atoms with E-state index in [1.54, 1.807) is 0 Å². The Hall–Kier alpha value is -1.02. The van der Waals surface area contributed by atoms with Crippen molar-refractivity contribution in [1.29, 1.82) is 0 Å². The maximum Gasteiger partial charge on any atom is 0.125 e. The normalized spacial score (nSPS) is 11.6. The average molecular weight is 249 g/mol. The van der Waals surface area contributed by atoms with E-state index in [0.717, 1.165) is 25.4 Å². The number of nitrogens with one attached hydrogen (secondary N) is 1. The smallest absolute Gasteiger partial charge is 0.125 e. The number of ether oxygens (including phenoxy) is 1. The van der Waals surface area contributed by atoms with Crippen LogP contribution in [0.15, 0.2) is 18.2 Å². The van der Waals surface area contributed by atoms with Crippen LogP contribution in [0.25, 0.3) is 0 Å². The highest BCUT2D eigenvalue weighted by molar-refractivity contribution is 5.39. The van der Waals surface area contributed by atoms with Crippen molar-refractivity contribution in [3.63, 3.8) is 0 Å². The molecule has 1 aromatic rings. The molecule has 18 heavy (non-hydrogen) atoms. The second kappa shape index (κ2) is 6.79. The van der Waals surface area contributed by atoms with E-state index >= 15 is 0 Å². The van der Waals surface area contributed by atoms with Gasteiger partial charge in [-0.05, 0) is 43.4 Å². The van der Waals surface area contributed by atoms with Gasteiger partial charge in [0.25, 0.3) is 0 Å². The van der Waals surface area contributed by atoms with Gasteiger partial charge in [-0.3, -0.25) is 0 Å². The SMILES string of the molecule is Cc1cccc(C)c1OCCNCCC(C)(C)C. The van der Waals surface area contributed by atoms with Crippen LogP contribution in [0.4, 0.5) is 0 Å². The van der Waals surface area contributed by atoms with Gasteiger partial charge in [-0.25, -0.2) is 0 Å². The summed E-state index contributed by atoms with van der Waals surface area (Å²) in [5.41, 5.74) is 2.83. The molecule has 1 N–H and O–H groups in total. The van der Waals surface area contributed by atoms with Crippen LogP contribution in [-0.4, -0.2) is 19.7 Å². The molecule has 0 fully saturated rings. The summed E-state index contributed by atoms with van der Waals surface area (Å²) >= 11 is 0. The summed E-state index contributed by atoms with van der Waals surface area (Å²) in [6, 6.07) is 6.25. The molecule has 0 spiro atoms. The van der Waals surface area contributed by atoms with E-state index in [1.807, 2.05) is 0 Å². The van der Waals surface area contributed by atoms with Crippen molar-refractivity contribution in [2.75, 3.05) is 19.7 Å². The molecule has 1 rings (SSSR count). The molecule has 0 saturated carbocycles. The van der Waals surface area contributed by atoms with Crippen LogP contribution >= 0.6 is 0 Å². The van der Waals surface area contributed by atoms with Gasteiger partial charge in [-0.15, -0.1) is 0 Å². The topological polar surface area (TPSA) is 21.3 Å². The van der Waals surface area contributed by atoms with Crippen molar-refractivity contribution in [2.45, 2.75) is 41.0 Å². The van der Waals surface area contributed by atoms with Crippen molar-refractivity contribution in [3.05, 3.63) is 29.3 Å². The van der Waals surface area contributed by atoms with Crippen LogP contribution in [0.3, 0.4) is 0 Å². The lowest BCUT2D eigenvalue weighted by Gasteiger charge is -2.18. The van der Waals surface area contributed by atoms with Crippen LogP contribution in [0.2, 0.25) is 0 Å². The minimum atomic E-state index is 0.403. The van der Waals surface area contributed by atoms with Gasteiger partial charge in [0.05, 0.1) is 0 Å². The largest absolute Gasteiger partial charge is 0.492 e. The predicted octanol–water partition coefficient (Wildman–Crippen LogP) is 3.71. The van der Waals surface area contributed by atoms with Crippen molar-refractivity contribution in [3.8, 4) is 5.75 Å². The number of aryl methyl sites for hydroxylation is 2. The zero-order valence-corrected chi connectivity index (χ0v) is 12.5. The summed E-state index contributed by atoms with van der Waals surface area (Å²) in [4.78, 5) is 0. The molecule has 0 atom stereocenters. The molecule has 0 bridgehead atoms. The lowest BCUT2D eigenvalue weighted by atomic mass is 9.92. The third kappa shape index (κ3) is 5.54. The van der Waals surface area contributed by atoms with Crippen molar-refractivity contribution in [2.24, 2.45) is 5.41 Å². The van der Waals surface area contributed by atoms with Crippen LogP contribution in [0, 0.1) is 19.3 Å². The average Bonchev–Trinajstić information content (AvgIpc) is 2.25. The Labute approximate surface area is 112 Å². The third-order valence-electron chi connectivity index (χ3n) is 2.99. The number of hydrogen-bond donors (Lipinski definition) is 1. The minimum Gasteiger partial charge on any atom is -0.492 e. The first-order valence-corrected chi connectivity index (χ1v) is 6.80. The zero-order valence-electron chi connectivity index (χ0n) is 12.5. The van der Waals surface area contributed by atoms with Gasteiger partial charge in [-0.2, -0.15) is 0 Å². The van der Waals surface area contributed by atoms with E-state index in [4.69, 9.17) is 4.74 Å². The van der Waals surface area contributed by atoms with Gasteiger partial charge < -0.3 is 10.1 Å². The lowest BCUT2D eigenvalue weighted by molar-refractivity contribution is 0.301. The maximum atomic E-state index is 5.84. The first-order valence-electron chi connectivity index (χ1n) is 6.80. The number of hydrogen-bond acceptors (Lipinski definition) is 2. The zero-order chi connectivity index (χ0) is 13.6. The fraction of sp³-hybridized carbons (Fsp3) is 0.625. The molecule has 2 heteroatoms. The monoisotopic (exact) mass is 249 g/mol. The Bertz CT molecular complexity index is 346. The van der Waals surface area contributed by atoms with Crippen LogP contribution in [0.1, 0.15) is 38.3 Å². The minimum absolute atomic E-state index is 0.403. The molecule has 0 radical (unpaired) electrons. The molecule has 0 heterocycles. The number of rotatable bonds is 6. The molecule has 102 valence electrons. The number of para-hydroxylation sites is 1. The summed E-state index contributed by atoms with van der Waals surface area (Å²) in [6.07, 6.45) is 1.19. The second-order valence-electron chi connectivity index (χ2n) is 6.13. The van der Waals surface area contributed by atoms with E-state index in [-0.39, 0.29) is 0 Å². The van der Waals surface area contributed by atoms with Gasteiger partial charge in [-0.1, -0.05) is 39.0 Å². The second-order valence-corrected chi connectivity index (χ2v) is 6.13. The fourth-order valence-electron chi connectivity index (χ4n) is 1.84. The number of benzene rings is 1. The lowest BCUT2D eigenvalue weighted by Crippen LogP contribution is -2.25. The van der Waals surface area contributed by atoms with Crippen LogP contribution in [-0.2, 0) is 0 Å². The highest BCUT2D eigenvalue weighted by Crippen LogP contribution is 2.22. The molecule has 0 aliphatic heterocycles. The van der Waals surface area contributed by atoms with Crippen molar-refractivity contribution >= 4 is 0 Å². The summed E-state index contributed by atoms with van der Waals surface area (Å²) < 4.78 is 5.84.